The zero-order chi connectivity index (χ0) is 14.3. The van der Waals surface area contributed by atoms with Crippen molar-refractivity contribution in [3.63, 3.8) is 0 Å². The minimum absolute atomic E-state index is 0.533. The molecular formula is C14H18ClNO3. The summed E-state index contributed by atoms with van der Waals surface area (Å²) in [4.78, 5) is 12.6. The van der Waals surface area contributed by atoms with E-state index < -0.39 is 5.97 Å². The molecule has 0 unspecified atom stereocenters. The fraction of sp³-hybridized carbons (Fsp3) is 0.357. The minimum Gasteiger partial charge on any atom is -0.478 e. The minimum atomic E-state index is -0.990. The molecule has 0 atom stereocenters. The molecule has 0 bridgehead atoms. The highest BCUT2D eigenvalue weighted by molar-refractivity contribution is 6.32. The van der Waals surface area contributed by atoms with Gasteiger partial charge in [-0.15, -0.1) is 0 Å². The highest BCUT2D eigenvalue weighted by Gasteiger charge is 2.06. The Morgan fingerprint density at radius 3 is 2.79 bits per heavy atom. The van der Waals surface area contributed by atoms with Crippen LogP contribution in [0.25, 0.3) is 6.08 Å². The summed E-state index contributed by atoms with van der Waals surface area (Å²) in [6.07, 6.45) is 2.56. The zero-order valence-electron chi connectivity index (χ0n) is 11.1. The van der Waals surface area contributed by atoms with Crippen LogP contribution in [0.5, 0.6) is 0 Å². The molecule has 0 aliphatic heterocycles. The van der Waals surface area contributed by atoms with Gasteiger partial charge in [0.05, 0.1) is 6.61 Å². The molecule has 4 nitrogen and oxygen atoms in total. The Kier molecular flexibility index (Phi) is 6.39. The third-order valence-electron chi connectivity index (χ3n) is 2.70. The molecule has 104 valence electrons. The average molecular weight is 284 g/mol. The van der Waals surface area contributed by atoms with E-state index in [0.29, 0.717) is 17.2 Å². The smallest absolute Gasteiger partial charge is 0.328 e. The second-order valence-corrected chi connectivity index (χ2v) is 4.36. The van der Waals surface area contributed by atoms with E-state index in [1.807, 2.05) is 18.2 Å². The largest absolute Gasteiger partial charge is 0.478 e. The Hall–Kier alpha value is -1.52. The standard InChI is InChI=1S/C14H18ClNO3/c1-3-16(8-9-19-2)12-6-4-11(13(15)10-12)5-7-14(17)18/h4-7,10H,3,8-9H2,1-2H3,(H,17,18)/b7-5+. The van der Waals surface area contributed by atoms with Crippen LogP contribution in [-0.2, 0) is 9.53 Å². The normalized spacial score (nSPS) is 10.9. The number of rotatable bonds is 7. The van der Waals surface area contributed by atoms with E-state index in [2.05, 4.69) is 11.8 Å². The van der Waals surface area contributed by atoms with E-state index in [1.54, 1.807) is 7.11 Å². The number of ether oxygens (including phenoxy) is 1. The first-order chi connectivity index (χ1) is 9.08. The van der Waals surface area contributed by atoms with Crippen LogP contribution in [0.3, 0.4) is 0 Å². The number of carbonyl (C=O) groups is 1. The summed E-state index contributed by atoms with van der Waals surface area (Å²) in [5.41, 5.74) is 1.69. The predicted molar refractivity (Wildman–Crippen MR) is 77.9 cm³/mol. The molecule has 0 amide bonds. The Labute approximate surface area is 118 Å². The van der Waals surface area contributed by atoms with Gasteiger partial charge in [-0.25, -0.2) is 4.79 Å². The number of likely N-dealkylation sites (N-methyl/N-ethyl adjacent to an activating group) is 1. The van der Waals surface area contributed by atoms with E-state index in [4.69, 9.17) is 21.4 Å². The molecule has 0 radical (unpaired) electrons. The molecule has 0 aliphatic rings. The zero-order valence-corrected chi connectivity index (χ0v) is 11.9. The molecule has 0 heterocycles. The van der Waals surface area contributed by atoms with E-state index >= 15 is 0 Å². The molecule has 0 saturated carbocycles. The van der Waals surface area contributed by atoms with Gasteiger partial charge in [-0.05, 0) is 30.7 Å². The molecule has 0 spiro atoms. The van der Waals surface area contributed by atoms with Crippen LogP contribution < -0.4 is 4.90 Å². The van der Waals surface area contributed by atoms with Crippen LogP contribution in [-0.4, -0.2) is 37.9 Å². The number of hydrogen-bond acceptors (Lipinski definition) is 3. The van der Waals surface area contributed by atoms with Crippen molar-refractivity contribution in [3.05, 3.63) is 34.9 Å². The Morgan fingerprint density at radius 1 is 1.53 bits per heavy atom. The van der Waals surface area contributed by atoms with Crippen molar-refractivity contribution in [1.82, 2.24) is 0 Å². The molecule has 1 N–H and O–H groups in total. The molecular weight excluding hydrogens is 266 g/mol. The van der Waals surface area contributed by atoms with Crippen LogP contribution >= 0.6 is 11.6 Å². The van der Waals surface area contributed by atoms with Gasteiger partial charge in [0.15, 0.2) is 0 Å². The average Bonchev–Trinajstić information content (AvgIpc) is 2.38. The van der Waals surface area contributed by atoms with Gasteiger partial charge in [0.2, 0.25) is 0 Å². The molecule has 1 aromatic carbocycles. The third-order valence-corrected chi connectivity index (χ3v) is 3.03. The lowest BCUT2D eigenvalue weighted by Crippen LogP contribution is -2.26. The Balaban J connectivity index is 2.88. The summed E-state index contributed by atoms with van der Waals surface area (Å²) in [6.45, 7) is 4.34. The van der Waals surface area contributed by atoms with Crippen molar-refractivity contribution in [1.29, 1.82) is 0 Å². The van der Waals surface area contributed by atoms with Gasteiger partial charge in [-0.2, -0.15) is 0 Å². The van der Waals surface area contributed by atoms with Crippen molar-refractivity contribution in [2.75, 3.05) is 31.7 Å². The van der Waals surface area contributed by atoms with Crippen LogP contribution in [0.2, 0.25) is 5.02 Å². The maximum atomic E-state index is 10.5. The summed E-state index contributed by atoms with van der Waals surface area (Å²) in [6, 6.07) is 5.57. The molecule has 0 aromatic heterocycles. The maximum Gasteiger partial charge on any atom is 0.328 e. The van der Waals surface area contributed by atoms with E-state index in [0.717, 1.165) is 24.9 Å². The van der Waals surface area contributed by atoms with E-state index in [-0.39, 0.29) is 0 Å². The van der Waals surface area contributed by atoms with Crippen molar-refractivity contribution < 1.29 is 14.6 Å². The maximum absolute atomic E-state index is 10.5. The van der Waals surface area contributed by atoms with Crippen molar-refractivity contribution in [2.24, 2.45) is 0 Å². The highest BCUT2D eigenvalue weighted by Crippen LogP contribution is 2.24. The summed E-state index contributed by atoms with van der Waals surface area (Å²) in [7, 11) is 1.67. The van der Waals surface area contributed by atoms with Crippen LogP contribution in [0.1, 0.15) is 12.5 Å². The Bertz CT molecular complexity index is 460. The number of benzene rings is 1. The van der Waals surface area contributed by atoms with Crippen LogP contribution in [0.15, 0.2) is 24.3 Å². The first-order valence-corrected chi connectivity index (χ1v) is 6.40. The number of hydrogen-bond donors (Lipinski definition) is 1. The first kappa shape index (κ1) is 15.5. The van der Waals surface area contributed by atoms with Crippen LogP contribution in [0, 0.1) is 0 Å². The summed E-state index contributed by atoms with van der Waals surface area (Å²) < 4.78 is 5.06. The lowest BCUT2D eigenvalue weighted by atomic mass is 10.1. The third kappa shape index (κ3) is 4.93. The number of anilines is 1. The molecule has 0 fully saturated rings. The molecule has 0 aliphatic carbocycles. The van der Waals surface area contributed by atoms with E-state index in [1.165, 1.54) is 6.08 Å². The van der Waals surface area contributed by atoms with Gasteiger partial charge in [0, 0.05) is 37.0 Å². The molecule has 5 heteroatoms. The van der Waals surface area contributed by atoms with E-state index in [9.17, 15) is 4.79 Å². The quantitative estimate of drug-likeness (QED) is 0.782. The van der Waals surface area contributed by atoms with Gasteiger partial charge in [0.25, 0.3) is 0 Å². The molecule has 1 rings (SSSR count). The second-order valence-electron chi connectivity index (χ2n) is 3.95. The lowest BCUT2D eigenvalue weighted by molar-refractivity contribution is -0.131. The number of nitrogens with zero attached hydrogens (tertiary/aromatic N) is 1. The monoisotopic (exact) mass is 283 g/mol. The fourth-order valence-corrected chi connectivity index (χ4v) is 1.92. The van der Waals surface area contributed by atoms with Gasteiger partial charge >= 0.3 is 5.97 Å². The van der Waals surface area contributed by atoms with Crippen LogP contribution in [0.4, 0.5) is 5.69 Å². The predicted octanol–water partition coefficient (Wildman–Crippen LogP) is 2.91. The second kappa shape index (κ2) is 7.81. The SMILES string of the molecule is CCN(CCOC)c1ccc(/C=C/C(=O)O)c(Cl)c1. The number of halogens is 1. The highest BCUT2D eigenvalue weighted by atomic mass is 35.5. The number of methoxy groups -OCH3 is 1. The Morgan fingerprint density at radius 2 is 2.26 bits per heavy atom. The van der Waals surface area contributed by atoms with Gasteiger partial charge in [-0.1, -0.05) is 17.7 Å². The number of aliphatic carboxylic acids is 1. The van der Waals surface area contributed by atoms with Gasteiger partial charge < -0.3 is 14.7 Å². The topological polar surface area (TPSA) is 49.8 Å². The summed E-state index contributed by atoms with van der Waals surface area (Å²) in [5.74, 6) is -0.990. The summed E-state index contributed by atoms with van der Waals surface area (Å²) >= 11 is 6.15. The van der Waals surface area contributed by atoms with Gasteiger partial charge in [0.1, 0.15) is 0 Å². The number of carboxylic acids is 1. The van der Waals surface area contributed by atoms with Crippen molar-refractivity contribution in [2.45, 2.75) is 6.92 Å². The molecule has 19 heavy (non-hydrogen) atoms. The summed E-state index contributed by atoms with van der Waals surface area (Å²) in [5, 5.41) is 9.12. The first-order valence-electron chi connectivity index (χ1n) is 6.03. The van der Waals surface area contributed by atoms with Crippen molar-refractivity contribution in [3.8, 4) is 0 Å². The van der Waals surface area contributed by atoms with Crippen molar-refractivity contribution >= 4 is 29.3 Å². The molecule has 1 aromatic rings. The fourth-order valence-electron chi connectivity index (χ4n) is 1.68. The van der Waals surface area contributed by atoms with Gasteiger partial charge in [-0.3, -0.25) is 0 Å². The molecule has 0 saturated heterocycles. The lowest BCUT2D eigenvalue weighted by Gasteiger charge is -2.23. The number of carboxylic acid groups (broad SMARTS) is 1.